The molecule has 1 unspecified atom stereocenters. The number of hydrogen-bond donors (Lipinski definition) is 0. The van der Waals surface area contributed by atoms with Crippen molar-refractivity contribution in [1.29, 1.82) is 0 Å². The molecule has 0 saturated carbocycles. The topological polar surface area (TPSA) is 33.2 Å². The zero-order valence-electron chi connectivity index (χ0n) is 13.0. The first-order chi connectivity index (χ1) is 11.0. The zero-order valence-corrected chi connectivity index (χ0v) is 15.4. The molecule has 0 bridgehead atoms. The molecule has 1 amide bonds. The minimum Gasteiger partial charge on any atom is -0.336 e. The number of nitrogens with zero attached hydrogens (tertiary/aromatic N) is 2. The predicted molar refractivity (Wildman–Crippen MR) is 98.7 cm³/mol. The van der Waals surface area contributed by atoms with Crippen LogP contribution in [0.25, 0.3) is 10.2 Å². The number of thiazole rings is 1. The molecule has 0 spiro atoms. The highest BCUT2D eigenvalue weighted by Gasteiger charge is 2.20. The SMILES string of the molecule is CC(c1nc2ccccc2s1)N(C)C(=O)Cc1ccc(Br)cc1. The summed E-state index contributed by atoms with van der Waals surface area (Å²) in [7, 11) is 1.85. The molecule has 1 atom stereocenters. The smallest absolute Gasteiger partial charge is 0.227 e. The largest absolute Gasteiger partial charge is 0.336 e. The van der Waals surface area contributed by atoms with Crippen molar-refractivity contribution in [2.75, 3.05) is 7.05 Å². The molecule has 0 aliphatic rings. The van der Waals surface area contributed by atoms with E-state index >= 15 is 0 Å². The van der Waals surface area contributed by atoms with E-state index in [0.29, 0.717) is 6.42 Å². The summed E-state index contributed by atoms with van der Waals surface area (Å²) in [5, 5.41) is 0.970. The average Bonchev–Trinajstić information content (AvgIpc) is 2.99. The Kier molecular flexibility index (Phi) is 4.78. The summed E-state index contributed by atoms with van der Waals surface area (Å²) in [4.78, 5) is 18.9. The van der Waals surface area contributed by atoms with Gasteiger partial charge in [0, 0.05) is 11.5 Å². The lowest BCUT2D eigenvalue weighted by atomic mass is 10.1. The van der Waals surface area contributed by atoms with E-state index in [-0.39, 0.29) is 11.9 Å². The number of fused-ring (bicyclic) bond motifs is 1. The van der Waals surface area contributed by atoms with E-state index in [9.17, 15) is 4.79 Å². The fourth-order valence-electron chi connectivity index (χ4n) is 2.35. The first kappa shape index (κ1) is 16.1. The van der Waals surface area contributed by atoms with Gasteiger partial charge in [0.1, 0.15) is 5.01 Å². The number of hydrogen-bond acceptors (Lipinski definition) is 3. The highest BCUT2D eigenvalue weighted by Crippen LogP contribution is 2.29. The second-order valence-corrected chi connectivity index (χ2v) is 7.48. The van der Waals surface area contributed by atoms with E-state index in [1.165, 1.54) is 0 Å². The Morgan fingerprint density at radius 1 is 1.22 bits per heavy atom. The Morgan fingerprint density at radius 3 is 2.61 bits per heavy atom. The van der Waals surface area contributed by atoms with Gasteiger partial charge in [-0.15, -0.1) is 11.3 Å². The molecule has 0 aliphatic carbocycles. The van der Waals surface area contributed by atoms with Crippen LogP contribution in [0.3, 0.4) is 0 Å². The Labute approximate surface area is 148 Å². The molecule has 0 aliphatic heterocycles. The standard InChI is InChI=1S/C18H17BrN2OS/c1-12(18-20-15-5-3-4-6-16(15)23-18)21(2)17(22)11-13-7-9-14(19)10-8-13/h3-10,12H,11H2,1-2H3. The third-order valence-corrected chi connectivity index (χ3v) is 5.65. The molecule has 118 valence electrons. The summed E-state index contributed by atoms with van der Waals surface area (Å²) in [6.07, 6.45) is 0.402. The number of carbonyl (C=O) groups excluding carboxylic acids is 1. The predicted octanol–water partition coefficient (Wildman–Crippen LogP) is 4.82. The molecule has 3 rings (SSSR count). The molecule has 1 heterocycles. The lowest BCUT2D eigenvalue weighted by Crippen LogP contribution is -2.30. The lowest BCUT2D eigenvalue weighted by molar-refractivity contribution is -0.131. The fourth-order valence-corrected chi connectivity index (χ4v) is 3.68. The van der Waals surface area contributed by atoms with Crippen molar-refractivity contribution in [3.05, 3.63) is 63.6 Å². The third kappa shape index (κ3) is 3.62. The molecular weight excluding hydrogens is 372 g/mol. The van der Waals surface area contributed by atoms with Gasteiger partial charge in [0.05, 0.1) is 22.7 Å². The van der Waals surface area contributed by atoms with Crippen LogP contribution in [0.1, 0.15) is 23.5 Å². The second kappa shape index (κ2) is 6.81. The van der Waals surface area contributed by atoms with E-state index in [1.54, 1.807) is 16.2 Å². The molecule has 0 N–H and O–H groups in total. The van der Waals surface area contributed by atoms with Gasteiger partial charge in [-0.1, -0.05) is 40.2 Å². The molecule has 3 aromatic rings. The van der Waals surface area contributed by atoms with E-state index in [1.807, 2.05) is 56.4 Å². The van der Waals surface area contributed by atoms with Gasteiger partial charge in [-0.05, 0) is 36.8 Å². The zero-order chi connectivity index (χ0) is 16.4. The number of amides is 1. The number of benzene rings is 2. The van der Waals surface area contributed by atoms with Crippen LogP contribution in [-0.4, -0.2) is 22.8 Å². The molecule has 5 heteroatoms. The van der Waals surface area contributed by atoms with Crippen LogP contribution in [0.5, 0.6) is 0 Å². The maximum Gasteiger partial charge on any atom is 0.227 e. The molecule has 3 nitrogen and oxygen atoms in total. The second-order valence-electron chi connectivity index (χ2n) is 5.50. The van der Waals surface area contributed by atoms with Gasteiger partial charge in [0.2, 0.25) is 5.91 Å². The van der Waals surface area contributed by atoms with Crippen LogP contribution in [-0.2, 0) is 11.2 Å². The van der Waals surface area contributed by atoms with Gasteiger partial charge in [-0.3, -0.25) is 4.79 Å². The number of para-hydroxylation sites is 1. The summed E-state index contributed by atoms with van der Waals surface area (Å²) in [6, 6.07) is 15.9. The van der Waals surface area contributed by atoms with Gasteiger partial charge >= 0.3 is 0 Å². The summed E-state index contributed by atoms with van der Waals surface area (Å²) < 4.78 is 2.17. The van der Waals surface area contributed by atoms with Crippen LogP contribution in [0.2, 0.25) is 0 Å². The van der Waals surface area contributed by atoms with E-state index in [0.717, 1.165) is 25.3 Å². The first-order valence-corrected chi connectivity index (χ1v) is 9.01. The fraction of sp³-hybridized carbons (Fsp3) is 0.222. The number of likely N-dealkylation sites (N-methyl/N-ethyl adjacent to an activating group) is 1. The lowest BCUT2D eigenvalue weighted by Gasteiger charge is -2.23. The van der Waals surface area contributed by atoms with Crippen molar-refractivity contribution >= 4 is 43.4 Å². The molecule has 23 heavy (non-hydrogen) atoms. The Bertz CT molecular complexity index is 795. The van der Waals surface area contributed by atoms with Gasteiger partial charge in [0.25, 0.3) is 0 Å². The summed E-state index contributed by atoms with van der Waals surface area (Å²) in [5.74, 6) is 0.0964. The average molecular weight is 389 g/mol. The van der Waals surface area contributed by atoms with Crippen LogP contribution >= 0.6 is 27.3 Å². The van der Waals surface area contributed by atoms with Crippen LogP contribution in [0, 0.1) is 0 Å². The van der Waals surface area contributed by atoms with Crippen molar-refractivity contribution in [3.63, 3.8) is 0 Å². The maximum absolute atomic E-state index is 12.5. The van der Waals surface area contributed by atoms with Crippen molar-refractivity contribution in [3.8, 4) is 0 Å². The van der Waals surface area contributed by atoms with Gasteiger partial charge in [0.15, 0.2) is 0 Å². The van der Waals surface area contributed by atoms with Crippen LogP contribution < -0.4 is 0 Å². The van der Waals surface area contributed by atoms with Crippen molar-refractivity contribution < 1.29 is 4.79 Å². The quantitative estimate of drug-likeness (QED) is 0.641. The molecule has 1 aromatic heterocycles. The van der Waals surface area contributed by atoms with Crippen LogP contribution in [0.15, 0.2) is 53.0 Å². The monoisotopic (exact) mass is 388 g/mol. The van der Waals surface area contributed by atoms with E-state index in [2.05, 4.69) is 27.0 Å². The molecule has 0 radical (unpaired) electrons. The summed E-state index contributed by atoms with van der Waals surface area (Å²) in [5.41, 5.74) is 2.01. The van der Waals surface area contributed by atoms with Crippen molar-refractivity contribution in [2.24, 2.45) is 0 Å². The van der Waals surface area contributed by atoms with Crippen molar-refractivity contribution in [1.82, 2.24) is 9.88 Å². The summed E-state index contributed by atoms with van der Waals surface area (Å²) in [6.45, 7) is 2.02. The number of carbonyl (C=O) groups is 1. The molecule has 0 saturated heterocycles. The van der Waals surface area contributed by atoms with Gasteiger partial charge in [-0.2, -0.15) is 0 Å². The van der Waals surface area contributed by atoms with E-state index < -0.39 is 0 Å². The minimum atomic E-state index is -0.0321. The summed E-state index contributed by atoms with van der Waals surface area (Å²) >= 11 is 5.06. The number of aromatic nitrogens is 1. The third-order valence-electron chi connectivity index (χ3n) is 3.91. The number of rotatable bonds is 4. The normalized spacial score (nSPS) is 12.3. The Hall–Kier alpha value is -1.72. The van der Waals surface area contributed by atoms with Crippen LogP contribution in [0.4, 0.5) is 0 Å². The minimum absolute atomic E-state index is 0.0321. The van der Waals surface area contributed by atoms with Gasteiger partial charge < -0.3 is 4.90 Å². The van der Waals surface area contributed by atoms with E-state index in [4.69, 9.17) is 0 Å². The Balaban J connectivity index is 1.74. The maximum atomic E-state index is 12.5. The molecule has 2 aromatic carbocycles. The highest BCUT2D eigenvalue weighted by atomic mass is 79.9. The van der Waals surface area contributed by atoms with Crippen molar-refractivity contribution in [2.45, 2.75) is 19.4 Å². The Morgan fingerprint density at radius 2 is 1.91 bits per heavy atom. The van der Waals surface area contributed by atoms with Gasteiger partial charge in [-0.25, -0.2) is 4.98 Å². The first-order valence-electron chi connectivity index (χ1n) is 7.40. The number of halogens is 1. The highest BCUT2D eigenvalue weighted by molar-refractivity contribution is 9.10. The molecule has 0 fully saturated rings. The molecular formula is C18H17BrN2OS.